The van der Waals surface area contributed by atoms with Crippen LogP contribution in [0.15, 0.2) is 12.2 Å². The van der Waals surface area contributed by atoms with Crippen molar-refractivity contribution in [2.24, 2.45) is 0 Å². The highest BCUT2D eigenvalue weighted by atomic mass is 16.6. The molecule has 1 aliphatic rings. The highest BCUT2D eigenvalue weighted by Gasteiger charge is 2.40. The van der Waals surface area contributed by atoms with E-state index in [4.69, 9.17) is 14.6 Å². The van der Waals surface area contributed by atoms with Crippen LogP contribution < -0.4 is 0 Å². The van der Waals surface area contributed by atoms with Crippen LogP contribution in [-0.2, 0) is 9.47 Å². The van der Waals surface area contributed by atoms with Gasteiger partial charge in [-0.1, -0.05) is 64.0 Å². The van der Waals surface area contributed by atoms with E-state index in [2.05, 4.69) is 19.1 Å². The van der Waals surface area contributed by atoms with Crippen molar-refractivity contribution >= 4 is 0 Å². The second-order valence-corrected chi connectivity index (χ2v) is 7.68. The van der Waals surface area contributed by atoms with Crippen LogP contribution in [0.3, 0.4) is 0 Å². The van der Waals surface area contributed by atoms with Gasteiger partial charge in [0.05, 0.1) is 13.2 Å². The van der Waals surface area contributed by atoms with Crippen LogP contribution in [-0.4, -0.2) is 59.6 Å². The minimum absolute atomic E-state index is 0.265. The normalized spacial score (nSPS) is 24.1. The fourth-order valence-electron chi connectivity index (χ4n) is 3.43. The standard InChI is InChI=1S/C22H42O5/c1-2-3-4-5-6-7-8-9-10-11-12-13-14-15-16-26-20-18-27-22(21(20)25)19(24)17-23/h11-12,19-25H,2-10,13-18H2,1H3/b12-11+/t19-,20+,21+,22+/m0/s1. The third-order valence-corrected chi connectivity index (χ3v) is 5.22. The fraction of sp³-hybridized carbons (Fsp3) is 0.909. The Labute approximate surface area is 165 Å². The molecule has 1 fully saturated rings. The lowest BCUT2D eigenvalue weighted by molar-refractivity contribution is -0.0730. The summed E-state index contributed by atoms with van der Waals surface area (Å²) in [6.45, 7) is 2.69. The maximum Gasteiger partial charge on any atom is 0.114 e. The lowest BCUT2D eigenvalue weighted by Gasteiger charge is -2.20. The Bertz CT molecular complexity index is 361. The predicted molar refractivity (Wildman–Crippen MR) is 109 cm³/mol. The molecule has 160 valence electrons. The number of ether oxygens (including phenoxy) is 2. The second-order valence-electron chi connectivity index (χ2n) is 7.68. The molecular formula is C22H42O5. The first-order chi connectivity index (χ1) is 13.2. The molecule has 1 heterocycles. The molecule has 0 unspecified atom stereocenters. The van der Waals surface area contributed by atoms with Gasteiger partial charge in [0.25, 0.3) is 0 Å². The zero-order chi connectivity index (χ0) is 19.7. The van der Waals surface area contributed by atoms with E-state index in [9.17, 15) is 10.2 Å². The molecule has 1 aliphatic heterocycles. The van der Waals surface area contributed by atoms with Crippen molar-refractivity contribution in [3.05, 3.63) is 12.2 Å². The van der Waals surface area contributed by atoms with Crippen LogP contribution in [0.1, 0.15) is 84.0 Å². The minimum Gasteiger partial charge on any atom is -0.394 e. The molecule has 0 spiro atoms. The van der Waals surface area contributed by atoms with E-state index in [1.54, 1.807) is 0 Å². The number of hydrogen-bond acceptors (Lipinski definition) is 5. The van der Waals surface area contributed by atoms with Crippen LogP contribution >= 0.6 is 0 Å². The zero-order valence-corrected chi connectivity index (χ0v) is 17.2. The maximum absolute atomic E-state index is 10.0. The average Bonchev–Trinajstić information content (AvgIpc) is 3.04. The summed E-state index contributed by atoms with van der Waals surface area (Å²) in [5.74, 6) is 0. The van der Waals surface area contributed by atoms with Gasteiger partial charge in [0.2, 0.25) is 0 Å². The summed E-state index contributed by atoms with van der Waals surface area (Å²) < 4.78 is 11.0. The quantitative estimate of drug-likeness (QED) is 0.262. The molecule has 0 aromatic carbocycles. The Morgan fingerprint density at radius 1 is 0.963 bits per heavy atom. The summed E-state index contributed by atoms with van der Waals surface area (Å²) in [5.41, 5.74) is 0. The predicted octanol–water partition coefficient (Wildman–Crippen LogP) is 3.74. The van der Waals surface area contributed by atoms with Gasteiger partial charge in [0.1, 0.15) is 24.4 Å². The molecule has 0 radical (unpaired) electrons. The van der Waals surface area contributed by atoms with Gasteiger partial charge in [-0.25, -0.2) is 0 Å². The molecule has 4 atom stereocenters. The van der Waals surface area contributed by atoms with Gasteiger partial charge in [-0.05, 0) is 32.1 Å². The van der Waals surface area contributed by atoms with Crippen molar-refractivity contribution in [2.45, 2.75) is 108 Å². The molecule has 0 amide bonds. The smallest absolute Gasteiger partial charge is 0.114 e. The maximum atomic E-state index is 10.0. The number of rotatable bonds is 17. The van der Waals surface area contributed by atoms with E-state index >= 15 is 0 Å². The summed E-state index contributed by atoms with van der Waals surface area (Å²) in [4.78, 5) is 0. The number of aliphatic hydroxyl groups is 3. The van der Waals surface area contributed by atoms with Crippen LogP contribution in [0.2, 0.25) is 0 Å². The summed E-state index contributed by atoms with van der Waals surface area (Å²) in [5, 5.41) is 28.5. The fourth-order valence-corrected chi connectivity index (χ4v) is 3.43. The summed E-state index contributed by atoms with van der Waals surface area (Å²) in [6, 6.07) is 0. The Balaban J connectivity index is 1.88. The van der Waals surface area contributed by atoms with Crippen molar-refractivity contribution in [1.29, 1.82) is 0 Å². The first-order valence-corrected chi connectivity index (χ1v) is 11.1. The summed E-state index contributed by atoms with van der Waals surface area (Å²) >= 11 is 0. The van der Waals surface area contributed by atoms with Gasteiger partial charge >= 0.3 is 0 Å². The van der Waals surface area contributed by atoms with Gasteiger partial charge in [-0.3, -0.25) is 0 Å². The molecule has 5 heteroatoms. The Hall–Kier alpha value is -0.460. The molecule has 27 heavy (non-hydrogen) atoms. The lowest BCUT2D eigenvalue weighted by atomic mass is 10.1. The molecule has 0 aromatic heterocycles. The van der Waals surface area contributed by atoms with Crippen LogP contribution in [0.5, 0.6) is 0 Å². The molecule has 3 N–H and O–H groups in total. The van der Waals surface area contributed by atoms with Crippen LogP contribution in [0.4, 0.5) is 0 Å². The zero-order valence-electron chi connectivity index (χ0n) is 17.2. The molecule has 0 aliphatic carbocycles. The Morgan fingerprint density at radius 2 is 1.56 bits per heavy atom. The highest BCUT2D eigenvalue weighted by Crippen LogP contribution is 2.20. The topological polar surface area (TPSA) is 79.2 Å². The monoisotopic (exact) mass is 386 g/mol. The third kappa shape index (κ3) is 11.2. The molecular weight excluding hydrogens is 344 g/mol. The van der Waals surface area contributed by atoms with Gasteiger partial charge < -0.3 is 24.8 Å². The van der Waals surface area contributed by atoms with Crippen LogP contribution in [0, 0.1) is 0 Å². The lowest BCUT2D eigenvalue weighted by Crippen LogP contribution is -2.41. The van der Waals surface area contributed by atoms with Crippen molar-refractivity contribution in [2.75, 3.05) is 19.8 Å². The van der Waals surface area contributed by atoms with E-state index < -0.39 is 31.0 Å². The van der Waals surface area contributed by atoms with E-state index in [0.29, 0.717) is 6.61 Å². The van der Waals surface area contributed by atoms with Crippen molar-refractivity contribution < 1.29 is 24.8 Å². The third-order valence-electron chi connectivity index (χ3n) is 5.22. The van der Waals surface area contributed by atoms with E-state index in [-0.39, 0.29) is 6.61 Å². The molecule has 1 saturated heterocycles. The average molecular weight is 387 g/mol. The number of unbranched alkanes of at least 4 members (excludes halogenated alkanes) is 10. The van der Waals surface area contributed by atoms with Gasteiger partial charge in [0, 0.05) is 6.61 Å². The SMILES string of the molecule is CCCCCCCCCC/C=C/CCCCO[C@@H]1CO[C@H]([C@@H](O)CO)[C@@H]1O. The number of allylic oxidation sites excluding steroid dienone is 2. The van der Waals surface area contributed by atoms with Gasteiger partial charge in [-0.15, -0.1) is 0 Å². The number of hydrogen-bond donors (Lipinski definition) is 3. The molecule has 5 nitrogen and oxygen atoms in total. The van der Waals surface area contributed by atoms with Gasteiger partial charge in [-0.2, -0.15) is 0 Å². The summed E-state index contributed by atoms with van der Waals surface area (Å²) in [7, 11) is 0. The van der Waals surface area contributed by atoms with Gasteiger partial charge in [0.15, 0.2) is 0 Å². The minimum atomic E-state index is -1.06. The number of aliphatic hydroxyl groups excluding tert-OH is 3. The van der Waals surface area contributed by atoms with E-state index in [0.717, 1.165) is 19.3 Å². The molecule has 0 saturated carbocycles. The largest absolute Gasteiger partial charge is 0.394 e. The van der Waals surface area contributed by atoms with Crippen molar-refractivity contribution in [3.63, 3.8) is 0 Å². The Morgan fingerprint density at radius 3 is 2.19 bits per heavy atom. The van der Waals surface area contributed by atoms with Crippen molar-refractivity contribution in [1.82, 2.24) is 0 Å². The first kappa shape index (κ1) is 24.6. The molecule has 0 aromatic rings. The van der Waals surface area contributed by atoms with Crippen LogP contribution in [0.25, 0.3) is 0 Å². The Kier molecular flexibility index (Phi) is 15.0. The highest BCUT2D eigenvalue weighted by molar-refractivity contribution is 4.88. The van der Waals surface area contributed by atoms with E-state index in [1.807, 2.05) is 0 Å². The molecule has 0 bridgehead atoms. The molecule has 1 rings (SSSR count). The summed E-state index contributed by atoms with van der Waals surface area (Å²) in [6.07, 6.45) is 16.7. The van der Waals surface area contributed by atoms with Crippen molar-refractivity contribution in [3.8, 4) is 0 Å². The second kappa shape index (κ2) is 16.5. The first-order valence-electron chi connectivity index (χ1n) is 11.1. The van der Waals surface area contributed by atoms with E-state index in [1.165, 1.54) is 57.8 Å².